The Hall–Kier alpha value is -4.44. The summed E-state index contributed by atoms with van der Waals surface area (Å²) in [5.74, 6) is 1.07. The number of pyridine rings is 2. The van der Waals surface area contributed by atoms with E-state index in [0.717, 1.165) is 34.0 Å². The summed E-state index contributed by atoms with van der Waals surface area (Å²) >= 11 is 0. The minimum atomic E-state index is 0.219. The molecule has 0 radical (unpaired) electrons. The Morgan fingerprint density at radius 3 is 2.12 bits per heavy atom. The van der Waals surface area contributed by atoms with Crippen molar-refractivity contribution in [2.45, 2.75) is 0 Å². The van der Waals surface area contributed by atoms with Crippen molar-refractivity contribution in [3.8, 4) is 28.1 Å². The zero-order chi connectivity index (χ0) is 21.8. The average molecular weight is 415 g/mol. The van der Waals surface area contributed by atoms with Gasteiger partial charge in [-0.2, -0.15) is 0 Å². The number of hydrogen-bond donors (Lipinski definition) is 1. The molecule has 0 fully saturated rings. The molecule has 154 valence electrons. The lowest BCUT2D eigenvalue weighted by Gasteiger charge is -2.24. The number of hydrogen-bond acceptors (Lipinski definition) is 4. The van der Waals surface area contributed by atoms with Gasteiger partial charge in [-0.05, 0) is 71.8 Å². The van der Waals surface area contributed by atoms with Crippen LogP contribution in [0.5, 0.6) is 5.75 Å². The third-order valence-corrected chi connectivity index (χ3v) is 5.27. The summed E-state index contributed by atoms with van der Waals surface area (Å²) in [5, 5.41) is 10.2. The summed E-state index contributed by atoms with van der Waals surface area (Å²) in [6.07, 6.45) is 3.58. The van der Waals surface area contributed by atoms with Crippen molar-refractivity contribution >= 4 is 17.2 Å². The van der Waals surface area contributed by atoms with Crippen LogP contribution in [0.1, 0.15) is 0 Å². The molecule has 0 aliphatic heterocycles. The predicted molar refractivity (Wildman–Crippen MR) is 129 cm³/mol. The Balaban J connectivity index is 1.59. The molecule has 0 amide bonds. The van der Waals surface area contributed by atoms with E-state index in [1.165, 1.54) is 0 Å². The van der Waals surface area contributed by atoms with Gasteiger partial charge in [0, 0.05) is 29.3 Å². The van der Waals surface area contributed by atoms with Gasteiger partial charge < -0.3 is 5.11 Å². The van der Waals surface area contributed by atoms with Gasteiger partial charge >= 0.3 is 0 Å². The highest BCUT2D eigenvalue weighted by atomic mass is 16.3. The quantitative estimate of drug-likeness (QED) is 0.336. The van der Waals surface area contributed by atoms with Crippen LogP contribution in [0.2, 0.25) is 0 Å². The molecule has 5 rings (SSSR count). The van der Waals surface area contributed by atoms with Crippen molar-refractivity contribution < 1.29 is 5.11 Å². The molecule has 4 heteroatoms. The van der Waals surface area contributed by atoms with Gasteiger partial charge in [-0.3, -0.25) is 9.88 Å². The Morgan fingerprint density at radius 2 is 1.31 bits per heavy atom. The summed E-state index contributed by atoms with van der Waals surface area (Å²) in [6, 6.07) is 35.7. The largest absolute Gasteiger partial charge is 0.507 e. The van der Waals surface area contributed by atoms with Gasteiger partial charge in [-0.15, -0.1) is 0 Å². The first-order valence-electron chi connectivity index (χ1n) is 10.4. The van der Waals surface area contributed by atoms with Crippen molar-refractivity contribution in [3.63, 3.8) is 0 Å². The molecule has 2 heterocycles. The van der Waals surface area contributed by atoms with Crippen LogP contribution in [0, 0.1) is 0 Å². The fourth-order valence-corrected chi connectivity index (χ4v) is 3.75. The summed E-state index contributed by atoms with van der Waals surface area (Å²) in [7, 11) is 0. The lowest BCUT2D eigenvalue weighted by Crippen LogP contribution is -2.11. The number of rotatable bonds is 5. The van der Waals surface area contributed by atoms with Gasteiger partial charge in [0.2, 0.25) is 0 Å². The first-order chi connectivity index (χ1) is 15.8. The minimum absolute atomic E-state index is 0.219. The van der Waals surface area contributed by atoms with E-state index >= 15 is 0 Å². The molecule has 0 aliphatic carbocycles. The van der Waals surface area contributed by atoms with E-state index in [1.807, 2.05) is 72.8 Å². The minimum Gasteiger partial charge on any atom is -0.507 e. The Kier molecular flexibility index (Phi) is 5.33. The first-order valence-corrected chi connectivity index (χ1v) is 10.4. The number of para-hydroxylation sites is 2. The second-order valence-corrected chi connectivity index (χ2v) is 7.36. The Morgan fingerprint density at radius 1 is 0.562 bits per heavy atom. The number of aromatic nitrogens is 2. The van der Waals surface area contributed by atoms with Crippen LogP contribution in [0.4, 0.5) is 17.2 Å². The molecule has 0 bridgehead atoms. The highest BCUT2D eigenvalue weighted by Gasteiger charge is 2.14. The van der Waals surface area contributed by atoms with Crippen molar-refractivity contribution in [1.29, 1.82) is 0 Å². The molecule has 0 atom stereocenters. The second kappa shape index (κ2) is 8.74. The van der Waals surface area contributed by atoms with Crippen LogP contribution in [-0.2, 0) is 0 Å². The van der Waals surface area contributed by atoms with Crippen LogP contribution in [0.15, 0.2) is 122 Å². The number of phenols is 1. The molecule has 3 aromatic carbocycles. The van der Waals surface area contributed by atoms with Crippen LogP contribution in [0.3, 0.4) is 0 Å². The van der Waals surface area contributed by atoms with E-state index in [4.69, 9.17) is 0 Å². The summed E-state index contributed by atoms with van der Waals surface area (Å²) < 4.78 is 0. The van der Waals surface area contributed by atoms with E-state index in [9.17, 15) is 5.11 Å². The van der Waals surface area contributed by atoms with Gasteiger partial charge in [0.1, 0.15) is 11.6 Å². The molecular formula is C28H21N3O. The van der Waals surface area contributed by atoms with Gasteiger partial charge in [0.25, 0.3) is 0 Å². The molecule has 0 unspecified atom stereocenters. The number of anilines is 3. The fourth-order valence-electron chi connectivity index (χ4n) is 3.75. The maximum absolute atomic E-state index is 10.2. The van der Waals surface area contributed by atoms with Crippen LogP contribution in [0.25, 0.3) is 22.4 Å². The lowest BCUT2D eigenvalue weighted by atomic mass is 10.0. The standard InChI is InChI=1S/C28H21N3O/c32-27-14-5-4-13-25(27)26-20-22(16-18-29-26)21-9-8-12-24(19-21)31(23-10-2-1-3-11-23)28-15-6-7-17-30-28/h1-20,32H. The highest BCUT2D eigenvalue weighted by molar-refractivity contribution is 5.79. The van der Waals surface area contributed by atoms with Crippen molar-refractivity contribution in [3.05, 3.63) is 122 Å². The highest BCUT2D eigenvalue weighted by Crippen LogP contribution is 2.36. The molecule has 32 heavy (non-hydrogen) atoms. The topological polar surface area (TPSA) is 49.2 Å². The zero-order valence-electron chi connectivity index (χ0n) is 17.3. The van der Waals surface area contributed by atoms with Gasteiger partial charge in [0.15, 0.2) is 0 Å². The first kappa shape index (κ1) is 19.5. The number of benzene rings is 3. The summed E-state index contributed by atoms with van der Waals surface area (Å²) in [5.41, 5.74) is 5.56. The molecule has 2 aromatic heterocycles. The molecule has 0 aliphatic rings. The SMILES string of the molecule is Oc1ccccc1-c1cc(-c2cccc(N(c3ccccc3)c3ccccn3)c2)ccn1. The Bertz CT molecular complexity index is 1300. The van der Waals surface area contributed by atoms with E-state index in [2.05, 4.69) is 45.2 Å². The van der Waals surface area contributed by atoms with Crippen molar-refractivity contribution in [1.82, 2.24) is 9.97 Å². The summed E-state index contributed by atoms with van der Waals surface area (Å²) in [6.45, 7) is 0. The molecule has 1 N–H and O–H groups in total. The number of phenolic OH excluding ortho intramolecular Hbond substituents is 1. The maximum atomic E-state index is 10.2. The maximum Gasteiger partial charge on any atom is 0.137 e. The Labute approximate surface area is 187 Å². The molecule has 4 nitrogen and oxygen atoms in total. The normalized spacial score (nSPS) is 10.6. The fraction of sp³-hybridized carbons (Fsp3) is 0. The van der Waals surface area contributed by atoms with E-state index in [0.29, 0.717) is 5.56 Å². The molecule has 0 saturated carbocycles. The van der Waals surface area contributed by atoms with Crippen LogP contribution >= 0.6 is 0 Å². The van der Waals surface area contributed by atoms with Gasteiger partial charge in [-0.25, -0.2) is 4.98 Å². The van der Waals surface area contributed by atoms with Gasteiger partial charge in [0.05, 0.1) is 5.69 Å². The predicted octanol–water partition coefficient (Wildman–Crippen LogP) is 6.99. The smallest absolute Gasteiger partial charge is 0.137 e. The summed E-state index contributed by atoms with van der Waals surface area (Å²) in [4.78, 5) is 11.2. The van der Waals surface area contributed by atoms with Crippen LogP contribution < -0.4 is 4.90 Å². The monoisotopic (exact) mass is 415 g/mol. The number of nitrogens with zero attached hydrogens (tertiary/aromatic N) is 3. The molecule has 0 saturated heterocycles. The van der Waals surface area contributed by atoms with Gasteiger partial charge in [-0.1, -0.05) is 48.5 Å². The van der Waals surface area contributed by atoms with Crippen LogP contribution in [-0.4, -0.2) is 15.1 Å². The van der Waals surface area contributed by atoms with Crippen molar-refractivity contribution in [2.24, 2.45) is 0 Å². The average Bonchev–Trinajstić information content (AvgIpc) is 2.86. The van der Waals surface area contributed by atoms with E-state index < -0.39 is 0 Å². The molecular weight excluding hydrogens is 394 g/mol. The third-order valence-electron chi connectivity index (χ3n) is 5.27. The zero-order valence-corrected chi connectivity index (χ0v) is 17.3. The lowest BCUT2D eigenvalue weighted by molar-refractivity contribution is 0.477. The third kappa shape index (κ3) is 3.94. The second-order valence-electron chi connectivity index (χ2n) is 7.36. The van der Waals surface area contributed by atoms with Crippen molar-refractivity contribution in [2.75, 3.05) is 4.90 Å². The van der Waals surface area contributed by atoms with E-state index in [1.54, 1.807) is 18.5 Å². The number of aromatic hydroxyl groups is 1. The molecule has 5 aromatic rings. The van der Waals surface area contributed by atoms with E-state index in [-0.39, 0.29) is 5.75 Å². The molecule has 0 spiro atoms.